The summed E-state index contributed by atoms with van der Waals surface area (Å²) in [5, 5.41) is 27.9. The molecule has 14 heteroatoms. The zero-order valence-electron chi connectivity index (χ0n) is 27.3. The van der Waals surface area contributed by atoms with Gasteiger partial charge in [-0.25, -0.2) is 5.48 Å². The Balaban J connectivity index is 1.94. The van der Waals surface area contributed by atoms with E-state index in [2.05, 4.69) is 20.9 Å². The molecule has 5 amide bonds. The van der Waals surface area contributed by atoms with Crippen molar-refractivity contribution in [1.29, 1.82) is 0 Å². The number of fused-ring (bicyclic) bond motifs is 1. The predicted octanol–water partition coefficient (Wildman–Crippen LogP) is 1.29. The van der Waals surface area contributed by atoms with Crippen LogP contribution in [0.5, 0.6) is 5.75 Å². The van der Waals surface area contributed by atoms with Gasteiger partial charge in [0.2, 0.25) is 29.5 Å². The molecule has 11 N–H and O–H groups in total. The molecule has 48 heavy (non-hydrogen) atoms. The summed E-state index contributed by atoms with van der Waals surface area (Å²) in [7, 11) is 0. The lowest BCUT2D eigenvalue weighted by atomic mass is 9.92. The SMILES string of the molecule is CC(C)C[C@H](CC(=O)NO)C(=O)N[C@@H](Cc1c[nH]c2ccccc12)C(=O)N[C@@H](Cc1ccc(O)cc1)C(=O)N[C@@H](CCCCN)C(N)=O. The lowest BCUT2D eigenvalue weighted by Gasteiger charge is -2.26. The van der Waals surface area contributed by atoms with Gasteiger partial charge in [0.1, 0.15) is 23.9 Å². The van der Waals surface area contributed by atoms with Crippen LogP contribution in [-0.2, 0) is 36.8 Å². The number of phenols is 1. The smallest absolute Gasteiger partial charge is 0.244 e. The van der Waals surface area contributed by atoms with Crippen molar-refractivity contribution in [3.05, 3.63) is 65.9 Å². The van der Waals surface area contributed by atoms with Crippen LogP contribution in [-0.4, -0.2) is 69.5 Å². The first-order chi connectivity index (χ1) is 22.9. The molecule has 1 heterocycles. The van der Waals surface area contributed by atoms with Crippen molar-refractivity contribution >= 4 is 40.4 Å². The number of aromatic amines is 1. The van der Waals surface area contributed by atoms with Crippen molar-refractivity contribution < 1.29 is 34.3 Å². The van der Waals surface area contributed by atoms with Crippen LogP contribution in [0.15, 0.2) is 54.7 Å². The van der Waals surface area contributed by atoms with Crippen LogP contribution in [0.25, 0.3) is 10.9 Å². The Kier molecular flexibility index (Phi) is 14.4. The van der Waals surface area contributed by atoms with Gasteiger partial charge < -0.3 is 37.5 Å². The van der Waals surface area contributed by atoms with E-state index in [4.69, 9.17) is 16.7 Å². The number of primary amides is 1. The second-order valence-electron chi connectivity index (χ2n) is 12.4. The molecule has 0 aliphatic carbocycles. The summed E-state index contributed by atoms with van der Waals surface area (Å²) in [5.74, 6) is -4.20. The molecule has 0 aliphatic rings. The standard InChI is InChI=1S/C34H47N7O7/c1-20(2)15-22(18-30(43)41-48)32(45)39-29(17-23-19-37-26-8-4-3-7-25(23)26)34(47)40-28(16-21-10-12-24(42)13-11-21)33(46)38-27(31(36)44)9-5-6-14-35/h3-4,7-8,10-13,19-20,22,27-29,37,42,48H,5-6,9,14-18,35H2,1-2H3,(H2,36,44)(H,38,46)(H,39,45)(H,40,47)(H,41,43)/t22-,27+,28+,29+/m1/s1. The number of hydrogen-bond acceptors (Lipinski definition) is 8. The van der Waals surface area contributed by atoms with E-state index in [-0.39, 0.29) is 37.4 Å². The monoisotopic (exact) mass is 665 g/mol. The van der Waals surface area contributed by atoms with Gasteiger partial charge in [-0.3, -0.25) is 29.2 Å². The molecular weight excluding hydrogens is 618 g/mol. The van der Waals surface area contributed by atoms with E-state index in [1.165, 1.54) is 12.1 Å². The first-order valence-corrected chi connectivity index (χ1v) is 16.1. The summed E-state index contributed by atoms with van der Waals surface area (Å²) >= 11 is 0. The van der Waals surface area contributed by atoms with Crippen LogP contribution < -0.4 is 32.9 Å². The molecule has 1 aromatic heterocycles. The third-order valence-electron chi connectivity index (χ3n) is 8.03. The maximum Gasteiger partial charge on any atom is 0.244 e. The van der Waals surface area contributed by atoms with Crippen LogP contribution in [0.1, 0.15) is 57.1 Å². The maximum absolute atomic E-state index is 14.1. The highest BCUT2D eigenvalue weighted by atomic mass is 16.5. The summed E-state index contributed by atoms with van der Waals surface area (Å²) in [6, 6.07) is 10.2. The van der Waals surface area contributed by atoms with Crippen molar-refractivity contribution in [3.8, 4) is 5.75 Å². The van der Waals surface area contributed by atoms with E-state index in [0.29, 0.717) is 31.4 Å². The Hall–Kier alpha value is -4.95. The van der Waals surface area contributed by atoms with Crippen molar-refractivity contribution in [3.63, 3.8) is 0 Å². The van der Waals surface area contributed by atoms with Gasteiger partial charge in [-0.2, -0.15) is 0 Å². The number of carbonyl (C=O) groups excluding carboxylic acids is 5. The number of phenolic OH excluding ortho intramolecular Hbond substituents is 1. The van der Waals surface area contributed by atoms with Gasteiger partial charge in [0.05, 0.1) is 0 Å². The van der Waals surface area contributed by atoms with Crippen LogP contribution in [0, 0.1) is 11.8 Å². The van der Waals surface area contributed by atoms with E-state index in [1.54, 1.807) is 23.8 Å². The molecule has 0 bridgehead atoms. The van der Waals surface area contributed by atoms with Crippen LogP contribution in [0.4, 0.5) is 0 Å². The molecule has 4 atom stereocenters. The zero-order valence-corrected chi connectivity index (χ0v) is 27.3. The van der Waals surface area contributed by atoms with E-state index in [1.807, 2.05) is 38.1 Å². The minimum atomic E-state index is -1.20. The number of aromatic hydroxyl groups is 1. The zero-order chi connectivity index (χ0) is 35.2. The predicted molar refractivity (Wildman–Crippen MR) is 179 cm³/mol. The summed E-state index contributed by atoms with van der Waals surface area (Å²) in [5.41, 5.74) is 14.9. The Morgan fingerprint density at radius 3 is 2.08 bits per heavy atom. The number of hydroxylamine groups is 1. The fourth-order valence-corrected chi connectivity index (χ4v) is 5.54. The van der Waals surface area contributed by atoms with Crippen molar-refractivity contribution in [2.45, 2.75) is 76.9 Å². The lowest BCUT2D eigenvalue weighted by molar-refractivity contribution is -0.137. The number of unbranched alkanes of at least 4 members (excludes halogenated alkanes) is 1. The highest BCUT2D eigenvalue weighted by molar-refractivity contribution is 5.95. The number of rotatable bonds is 19. The van der Waals surface area contributed by atoms with E-state index < -0.39 is 53.6 Å². The quantitative estimate of drug-likeness (QED) is 0.0512. The molecule has 0 saturated heterocycles. The van der Waals surface area contributed by atoms with E-state index in [0.717, 1.165) is 16.5 Å². The molecule has 0 radical (unpaired) electrons. The highest BCUT2D eigenvalue weighted by Crippen LogP contribution is 2.21. The highest BCUT2D eigenvalue weighted by Gasteiger charge is 2.32. The molecule has 260 valence electrons. The third kappa shape index (κ3) is 11.4. The van der Waals surface area contributed by atoms with E-state index >= 15 is 0 Å². The maximum atomic E-state index is 14.1. The second kappa shape index (κ2) is 18.4. The number of nitrogens with one attached hydrogen (secondary N) is 5. The van der Waals surface area contributed by atoms with Gasteiger partial charge >= 0.3 is 0 Å². The number of amides is 5. The van der Waals surface area contributed by atoms with Crippen molar-refractivity contribution in [1.82, 2.24) is 26.4 Å². The number of aromatic nitrogens is 1. The fraction of sp³-hybridized carbons (Fsp3) is 0.441. The second-order valence-corrected chi connectivity index (χ2v) is 12.4. The third-order valence-corrected chi connectivity index (χ3v) is 8.03. The molecule has 0 fully saturated rings. The molecule has 0 saturated carbocycles. The number of para-hydroxylation sites is 1. The molecule has 14 nitrogen and oxygen atoms in total. The van der Waals surface area contributed by atoms with Gasteiger partial charge in [0.25, 0.3) is 0 Å². The van der Waals surface area contributed by atoms with Gasteiger partial charge in [-0.15, -0.1) is 0 Å². The number of H-pyrrole nitrogens is 1. The molecule has 0 unspecified atom stereocenters. The molecule has 3 aromatic rings. The molecule has 2 aromatic carbocycles. The summed E-state index contributed by atoms with van der Waals surface area (Å²) in [4.78, 5) is 68.7. The van der Waals surface area contributed by atoms with Crippen molar-refractivity contribution in [2.75, 3.05) is 6.54 Å². The van der Waals surface area contributed by atoms with Crippen LogP contribution in [0.2, 0.25) is 0 Å². The minimum absolute atomic E-state index is 0.00741. The molecule has 0 aliphatic heterocycles. The molecule has 0 spiro atoms. The first kappa shape index (κ1) is 37.5. The Labute approximate surface area is 279 Å². The van der Waals surface area contributed by atoms with E-state index in [9.17, 15) is 29.1 Å². The number of benzene rings is 2. The normalized spacial score (nSPS) is 13.7. The first-order valence-electron chi connectivity index (χ1n) is 16.1. The van der Waals surface area contributed by atoms with Gasteiger partial charge in [0, 0.05) is 42.3 Å². The number of hydrogen-bond donors (Lipinski definition) is 9. The van der Waals surface area contributed by atoms with Gasteiger partial charge in [-0.05, 0) is 67.5 Å². The minimum Gasteiger partial charge on any atom is -0.508 e. The topological polar surface area (TPSA) is 242 Å². The molecule has 3 rings (SSSR count). The summed E-state index contributed by atoms with van der Waals surface area (Å²) < 4.78 is 0. The van der Waals surface area contributed by atoms with Crippen molar-refractivity contribution in [2.24, 2.45) is 23.3 Å². The Morgan fingerprint density at radius 1 is 0.833 bits per heavy atom. The Bertz CT molecular complexity index is 1540. The average Bonchev–Trinajstić information content (AvgIpc) is 3.46. The van der Waals surface area contributed by atoms with Gasteiger partial charge in [0.15, 0.2) is 0 Å². The largest absolute Gasteiger partial charge is 0.508 e. The van der Waals surface area contributed by atoms with Gasteiger partial charge in [-0.1, -0.05) is 44.2 Å². The summed E-state index contributed by atoms with van der Waals surface area (Å²) in [6.45, 7) is 4.18. The number of carbonyl (C=O) groups is 5. The van der Waals surface area contributed by atoms with Crippen LogP contribution in [0.3, 0.4) is 0 Å². The number of nitrogens with two attached hydrogens (primary N) is 2. The van der Waals surface area contributed by atoms with Crippen LogP contribution >= 0.6 is 0 Å². The molecular formula is C34H47N7O7. The average molecular weight is 666 g/mol. The lowest BCUT2D eigenvalue weighted by Crippen LogP contribution is -2.57. The fourth-order valence-electron chi connectivity index (χ4n) is 5.54. The summed E-state index contributed by atoms with van der Waals surface area (Å²) in [6.07, 6.45) is 3.21. The Morgan fingerprint density at radius 2 is 1.46 bits per heavy atom.